The van der Waals surface area contributed by atoms with Crippen LogP contribution in [0.5, 0.6) is 0 Å². The van der Waals surface area contributed by atoms with Crippen LogP contribution in [0.2, 0.25) is 0 Å². The minimum absolute atomic E-state index is 0.0302. The average molecular weight is 338 g/mol. The fourth-order valence-electron chi connectivity index (χ4n) is 3.20. The van der Waals surface area contributed by atoms with Crippen LogP contribution in [-0.2, 0) is 15.2 Å². The molecule has 1 aliphatic rings. The maximum Gasteiger partial charge on any atom is 0.225 e. The quantitative estimate of drug-likeness (QED) is 0.784. The van der Waals surface area contributed by atoms with Gasteiger partial charge in [-0.25, -0.2) is 0 Å². The van der Waals surface area contributed by atoms with Gasteiger partial charge in [-0.15, -0.1) is 0 Å². The lowest BCUT2D eigenvalue weighted by Gasteiger charge is -2.27. The summed E-state index contributed by atoms with van der Waals surface area (Å²) in [5, 5.41) is 16.3. The van der Waals surface area contributed by atoms with Crippen LogP contribution in [0.4, 0.5) is 5.69 Å². The van der Waals surface area contributed by atoms with Crippen molar-refractivity contribution in [3.05, 3.63) is 65.7 Å². The minimum atomic E-state index is -1.23. The molecule has 2 aromatic rings. The second-order valence-corrected chi connectivity index (χ2v) is 6.66. The van der Waals surface area contributed by atoms with Crippen LogP contribution in [-0.4, -0.2) is 23.5 Å². The van der Waals surface area contributed by atoms with E-state index in [4.69, 9.17) is 0 Å². The molecule has 130 valence electrons. The van der Waals surface area contributed by atoms with Crippen LogP contribution in [0.1, 0.15) is 36.8 Å². The molecule has 2 unspecified atom stereocenters. The van der Waals surface area contributed by atoms with Crippen molar-refractivity contribution in [3.8, 4) is 0 Å². The Morgan fingerprint density at radius 1 is 1.20 bits per heavy atom. The topological polar surface area (TPSA) is 78.4 Å². The maximum absolute atomic E-state index is 12.3. The van der Waals surface area contributed by atoms with Gasteiger partial charge in [0.1, 0.15) is 0 Å². The molecule has 25 heavy (non-hydrogen) atoms. The van der Waals surface area contributed by atoms with E-state index in [1.54, 1.807) is 19.1 Å². The molecule has 0 spiro atoms. The number of hydrogen-bond acceptors (Lipinski definition) is 3. The number of rotatable bonds is 5. The zero-order valence-corrected chi connectivity index (χ0v) is 14.2. The van der Waals surface area contributed by atoms with Gasteiger partial charge in [0.15, 0.2) is 0 Å². The second kappa shape index (κ2) is 7.07. The zero-order valence-electron chi connectivity index (χ0n) is 14.2. The summed E-state index contributed by atoms with van der Waals surface area (Å²) in [7, 11) is 0. The van der Waals surface area contributed by atoms with Crippen molar-refractivity contribution in [2.75, 3.05) is 11.9 Å². The summed E-state index contributed by atoms with van der Waals surface area (Å²) >= 11 is 0. The molecule has 0 bridgehead atoms. The van der Waals surface area contributed by atoms with E-state index >= 15 is 0 Å². The normalized spacial score (nSPS) is 18.6. The molecular weight excluding hydrogens is 316 g/mol. The first-order valence-electron chi connectivity index (χ1n) is 8.39. The van der Waals surface area contributed by atoms with Crippen LogP contribution in [0, 0.1) is 0 Å². The van der Waals surface area contributed by atoms with Crippen LogP contribution in [0.3, 0.4) is 0 Å². The molecule has 1 heterocycles. The molecule has 0 radical (unpaired) electrons. The van der Waals surface area contributed by atoms with Gasteiger partial charge in [-0.1, -0.05) is 48.5 Å². The highest BCUT2D eigenvalue weighted by Gasteiger charge is 2.28. The van der Waals surface area contributed by atoms with E-state index in [1.807, 2.05) is 42.5 Å². The molecule has 3 N–H and O–H groups in total. The maximum atomic E-state index is 12.3. The van der Waals surface area contributed by atoms with Gasteiger partial charge in [0.25, 0.3) is 0 Å². The Morgan fingerprint density at radius 2 is 1.88 bits per heavy atom. The summed E-state index contributed by atoms with van der Waals surface area (Å²) < 4.78 is 0. The molecule has 3 rings (SSSR count). The Balaban J connectivity index is 1.62. The van der Waals surface area contributed by atoms with Crippen LogP contribution < -0.4 is 10.6 Å². The van der Waals surface area contributed by atoms with Crippen molar-refractivity contribution in [1.29, 1.82) is 0 Å². The number of carbonyl (C=O) groups excluding carboxylic acids is 2. The van der Waals surface area contributed by atoms with Crippen molar-refractivity contribution >= 4 is 17.5 Å². The lowest BCUT2D eigenvalue weighted by Crippen LogP contribution is -2.36. The number of carbonyl (C=O) groups is 2. The van der Waals surface area contributed by atoms with Gasteiger partial charge in [-0.3, -0.25) is 9.59 Å². The number of nitrogens with one attached hydrogen (secondary N) is 2. The van der Waals surface area contributed by atoms with Crippen molar-refractivity contribution in [1.82, 2.24) is 5.32 Å². The third kappa shape index (κ3) is 4.06. The molecule has 5 nitrogen and oxygen atoms in total. The number of benzene rings is 2. The summed E-state index contributed by atoms with van der Waals surface area (Å²) in [5.74, 6) is -0.345. The average Bonchev–Trinajstić information content (AvgIpc) is 2.60. The highest BCUT2D eigenvalue weighted by Crippen LogP contribution is 2.31. The Labute approximate surface area is 147 Å². The Kier molecular flexibility index (Phi) is 4.86. The van der Waals surface area contributed by atoms with Crippen molar-refractivity contribution in [2.45, 2.75) is 31.3 Å². The summed E-state index contributed by atoms with van der Waals surface area (Å²) in [4.78, 5) is 24.1. The molecule has 2 aromatic carbocycles. The largest absolute Gasteiger partial charge is 0.385 e. The standard InChI is InChI=1S/C20H22N2O3/c1-20(25,15-7-3-2-4-8-15)12-19(24)21-13-14-11-18(23)22-17-10-6-5-9-16(14)17/h2-10,14,25H,11-13H2,1H3,(H,21,24)(H,22,23). The fraction of sp³-hybridized carbons (Fsp3) is 0.300. The third-order valence-electron chi connectivity index (χ3n) is 4.55. The van der Waals surface area contributed by atoms with Crippen LogP contribution >= 0.6 is 0 Å². The second-order valence-electron chi connectivity index (χ2n) is 6.66. The van der Waals surface area contributed by atoms with Gasteiger partial charge < -0.3 is 15.7 Å². The number of fused-ring (bicyclic) bond motifs is 1. The molecular formula is C20H22N2O3. The number of hydrogen-bond donors (Lipinski definition) is 3. The van der Waals surface area contributed by atoms with Gasteiger partial charge in [0.2, 0.25) is 11.8 Å². The first-order chi connectivity index (χ1) is 12.0. The van der Waals surface area contributed by atoms with Gasteiger partial charge in [-0.05, 0) is 24.1 Å². The third-order valence-corrected chi connectivity index (χ3v) is 4.55. The number of para-hydroxylation sites is 1. The van der Waals surface area contributed by atoms with Gasteiger partial charge in [0.05, 0.1) is 12.0 Å². The van der Waals surface area contributed by atoms with E-state index < -0.39 is 5.60 Å². The van der Waals surface area contributed by atoms with E-state index in [1.165, 1.54) is 0 Å². The SMILES string of the molecule is CC(O)(CC(=O)NCC1CC(=O)Nc2ccccc21)c1ccccc1. The van der Waals surface area contributed by atoms with Gasteiger partial charge in [-0.2, -0.15) is 0 Å². The Morgan fingerprint density at radius 3 is 2.64 bits per heavy atom. The molecule has 5 heteroatoms. The Hall–Kier alpha value is -2.66. The lowest BCUT2D eigenvalue weighted by molar-refractivity contribution is -0.126. The molecule has 2 atom stereocenters. The molecule has 0 aromatic heterocycles. The lowest BCUT2D eigenvalue weighted by atomic mass is 9.90. The zero-order chi connectivity index (χ0) is 17.9. The predicted molar refractivity (Wildman–Crippen MR) is 96.1 cm³/mol. The van der Waals surface area contributed by atoms with Gasteiger partial charge in [0, 0.05) is 24.6 Å². The van der Waals surface area contributed by atoms with E-state index in [0.717, 1.165) is 11.3 Å². The summed E-state index contributed by atoms with van der Waals surface area (Å²) in [5.41, 5.74) is 1.30. The summed E-state index contributed by atoms with van der Waals surface area (Å²) in [6.07, 6.45) is 0.309. The van der Waals surface area contributed by atoms with Crippen molar-refractivity contribution in [2.24, 2.45) is 0 Å². The first-order valence-corrected chi connectivity index (χ1v) is 8.39. The predicted octanol–water partition coefficient (Wildman–Crippen LogP) is 2.53. The summed E-state index contributed by atoms with van der Waals surface area (Å²) in [6, 6.07) is 16.8. The monoisotopic (exact) mass is 338 g/mol. The molecule has 0 aliphatic carbocycles. The van der Waals surface area contributed by atoms with Crippen LogP contribution in [0.15, 0.2) is 54.6 Å². The van der Waals surface area contributed by atoms with E-state index in [-0.39, 0.29) is 24.2 Å². The smallest absolute Gasteiger partial charge is 0.225 e. The van der Waals surface area contributed by atoms with E-state index in [0.29, 0.717) is 18.5 Å². The molecule has 1 aliphatic heterocycles. The van der Waals surface area contributed by atoms with E-state index in [2.05, 4.69) is 10.6 Å². The number of aliphatic hydroxyl groups is 1. The fourth-order valence-corrected chi connectivity index (χ4v) is 3.20. The number of anilines is 1. The highest BCUT2D eigenvalue weighted by molar-refractivity contribution is 5.94. The van der Waals surface area contributed by atoms with Crippen LogP contribution in [0.25, 0.3) is 0 Å². The van der Waals surface area contributed by atoms with Gasteiger partial charge >= 0.3 is 0 Å². The van der Waals surface area contributed by atoms with E-state index in [9.17, 15) is 14.7 Å². The molecule has 0 saturated carbocycles. The van der Waals surface area contributed by atoms with Crippen molar-refractivity contribution in [3.63, 3.8) is 0 Å². The first kappa shape index (κ1) is 17.2. The number of amides is 2. The molecule has 0 saturated heterocycles. The highest BCUT2D eigenvalue weighted by atomic mass is 16.3. The summed E-state index contributed by atoms with van der Waals surface area (Å²) in [6.45, 7) is 2.00. The molecule has 2 amide bonds. The molecule has 0 fully saturated rings. The van der Waals surface area contributed by atoms with Crippen molar-refractivity contribution < 1.29 is 14.7 Å². The minimum Gasteiger partial charge on any atom is -0.385 e. The Bertz CT molecular complexity index is 772.